The summed E-state index contributed by atoms with van der Waals surface area (Å²) in [6, 6.07) is 8.92. The Labute approximate surface area is 129 Å². The lowest BCUT2D eigenvalue weighted by Crippen LogP contribution is -2.32. The standard InChI is InChI=1S/C15H22N2O3S/c16-10-13-3-1-4-15(9-13)20-12-14(19)11-17-5-8-21-7-2-6-18/h1,3-4,9,14,17-19H,2,5-8,11-12H2. The highest BCUT2D eigenvalue weighted by molar-refractivity contribution is 7.99. The van der Waals surface area contributed by atoms with Gasteiger partial charge in [-0.2, -0.15) is 17.0 Å². The Balaban J connectivity index is 2.08. The molecule has 3 N–H and O–H groups in total. The lowest BCUT2D eigenvalue weighted by atomic mass is 10.2. The van der Waals surface area contributed by atoms with Crippen molar-refractivity contribution in [3.63, 3.8) is 0 Å². The monoisotopic (exact) mass is 310 g/mol. The van der Waals surface area contributed by atoms with Crippen molar-refractivity contribution in [1.29, 1.82) is 5.26 Å². The van der Waals surface area contributed by atoms with Crippen molar-refractivity contribution in [2.24, 2.45) is 0 Å². The predicted molar refractivity (Wildman–Crippen MR) is 84.6 cm³/mol. The van der Waals surface area contributed by atoms with E-state index in [4.69, 9.17) is 15.1 Å². The second-order valence-electron chi connectivity index (χ2n) is 4.50. The van der Waals surface area contributed by atoms with Gasteiger partial charge in [0.15, 0.2) is 0 Å². The third kappa shape index (κ3) is 8.58. The Kier molecular flexibility index (Phi) is 9.66. The smallest absolute Gasteiger partial charge is 0.120 e. The van der Waals surface area contributed by atoms with Crippen molar-refractivity contribution >= 4 is 11.8 Å². The van der Waals surface area contributed by atoms with Crippen LogP contribution in [0, 0.1) is 11.3 Å². The third-order valence-corrected chi connectivity index (χ3v) is 3.73. The highest BCUT2D eigenvalue weighted by Gasteiger charge is 2.05. The fourth-order valence-corrected chi connectivity index (χ4v) is 2.41. The van der Waals surface area contributed by atoms with Crippen LogP contribution in [0.25, 0.3) is 0 Å². The van der Waals surface area contributed by atoms with Crippen molar-refractivity contribution < 1.29 is 14.9 Å². The molecule has 1 atom stereocenters. The van der Waals surface area contributed by atoms with Gasteiger partial charge in [-0.25, -0.2) is 0 Å². The Morgan fingerprint density at radius 3 is 3.00 bits per heavy atom. The summed E-state index contributed by atoms with van der Waals surface area (Å²) in [7, 11) is 0. The molecule has 0 aliphatic heterocycles. The van der Waals surface area contributed by atoms with Gasteiger partial charge in [-0.3, -0.25) is 0 Å². The Morgan fingerprint density at radius 1 is 1.38 bits per heavy atom. The van der Waals surface area contributed by atoms with Crippen LogP contribution in [0.3, 0.4) is 0 Å². The zero-order chi connectivity index (χ0) is 15.3. The first kappa shape index (κ1) is 17.8. The first-order chi connectivity index (χ1) is 10.3. The number of nitrogens with zero attached hydrogens (tertiary/aromatic N) is 1. The van der Waals surface area contributed by atoms with E-state index < -0.39 is 6.10 Å². The largest absolute Gasteiger partial charge is 0.491 e. The Morgan fingerprint density at radius 2 is 2.24 bits per heavy atom. The molecule has 0 radical (unpaired) electrons. The number of ether oxygens (including phenoxy) is 1. The van der Waals surface area contributed by atoms with E-state index in [1.54, 1.807) is 36.0 Å². The number of benzene rings is 1. The summed E-state index contributed by atoms with van der Waals surface area (Å²) in [6.07, 6.45) is 0.237. The van der Waals surface area contributed by atoms with E-state index in [-0.39, 0.29) is 13.2 Å². The second-order valence-corrected chi connectivity index (χ2v) is 5.72. The van der Waals surface area contributed by atoms with Gasteiger partial charge in [0.25, 0.3) is 0 Å². The minimum Gasteiger partial charge on any atom is -0.491 e. The molecular weight excluding hydrogens is 288 g/mol. The highest BCUT2D eigenvalue weighted by atomic mass is 32.2. The van der Waals surface area contributed by atoms with Crippen molar-refractivity contribution in [3.05, 3.63) is 29.8 Å². The highest BCUT2D eigenvalue weighted by Crippen LogP contribution is 2.12. The fourth-order valence-electron chi connectivity index (χ4n) is 1.59. The van der Waals surface area contributed by atoms with Crippen LogP contribution in [-0.4, -0.2) is 54.1 Å². The van der Waals surface area contributed by atoms with Gasteiger partial charge in [0, 0.05) is 25.4 Å². The van der Waals surface area contributed by atoms with Gasteiger partial charge >= 0.3 is 0 Å². The molecule has 0 aliphatic carbocycles. The van der Waals surface area contributed by atoms with E-state index >= 15 is 0 Å². The van der Waals surface area contributed by atoms with Gasteiger partial charge in [-0.15, -0.1) is 0 Å². The molecule has 21 heavy (non-hydrogen) atoms. The Hall–Kier alpha value is -1.26. The summed E-state index contributed by atoms with van der Waals surface area (Å²) in [5.41, 5.74) is 0.542. The number of nitriles is 1. The van der Waals surface area contributed by atoms with E-state index in [2.05, 4.69) is 5.32 Å². The zero-order valence-corrected chi connectivity index (χ0v) is 12.8. The minimum atomic E-state index is -0.585. The first-order valence-electron chi connectivity index (χ1n) is 6.96. The number of hydrogen-bond acceptors (Lipinski definition) is 6. The van der Waals surface area contributed by atoms with Crippen LogP contribution >= 0.6 is 11.8 Å². The quantitative estimate of drug-likeness (QED) is 0.529. The van der Waals surface area contributed by atoms with E-state index in [1.165, 1.54) is 0 Å². The molecule has 6 heteroatoms. The molecule has 1 rings (SSSR count). The fraction of sp³-hybridized carbons (Fsp3) is 0.533. The van der Waals surface area contributed by atoms with Gasteiger partial charge < -0.3 is 20.3 Å². The molecule has 116 valence electrons. The van der Waals surface area contributed by atoms with Gasteiger partial charge in [0.1, 0.15) is 18.5 Å². The maximum absolute atomic E-state index is 9.79. The lowest BCUT2D eigenvalue weighted by Gasteiger charge is -2.13. The molecule has 0 saturated heterocycles. The maximum atomic E-state index is 9.79. The zero-order valence-electron chi connectivity index (χ0n) is 12.0. The van der Waals surface area contributed by atoms with Crippen molar-refractivity contribution in [2.75, 3.05) is 37.8 Å². The summed E-state index contributed by atoms with van der Waals surface area (Å²) < 4.78 is 5.45. The number of rotatable bonds is 11. The summed E-state index contributed by atoms with van der Waals surface area (Å²) in [4.78, 5) is 0. The third-order valence-electron chi connectivity index (χ3n) is 2.66. The van der Waals surface area contributed by atoms with Gasteiger partial charge in [-0.1, -0.05) is 6.07 Å². The van der Waals surface area contributed by atoms with Gasteiger partial charge in [0.05, 0.1) is 11.6 Å². The molecule has 0 fully saturated rings. The normalized spacial score (nSPS) is 11.9. The van der Waals surface area contributed by atoms with E-state index in [0.29, 0.717) is 17.9 Å². The molecule has 5 nitrogen and oxygen atoms in total. The van der Waals surface area contributed by atoms with E-state index in [1.807, 2.05) is 6.07 Å². The number of nitrogens with one attached hydrogen (secondary N) is 1. The maximum Gasteiger partial charge on any atom is 0.120 e. The summed E-state index contributed by atoms with van der Waals surface area (Å²) >= 11 is 1.78. The lowest BCUT2D eigenvalue weighted by molar-refractivity contribution is 0.107. The van der Waals surface area contributed by atoms with E-state index in [0.717, 1.165) is 24.5 Å². The van der Waals surface area contributed by atoms with Crippen LogP contribution in [0.1, 0.15) is 12.0 Å². The number of hydrogen-bond donors (Lipinski definition) is 3. The molecular formula is C15H22N2O3S. The first-order valence-corrected chi connectivity index (χ1v) is 8.12. The van der Waals surface area contributed by atoms with Crippen LogP contribution in [0.15, 0.2) is 24.3 Å². The molecule has 0 amide bonds. The topological polar surface area (TPSA) is 85.5 Å². The molecule has 1 aromatic rings. The molecule has 1 unspecified atom stereocenters. The number of aliphatic hydroxyl groups is 2. The molecule has 0 aliphatic rings. The summed E-state index contributed by atoms with van der Waals surface area (Å²) in [5.74, 6) is 2.50. The minimum absolute atomic E-state index is 0.194. The number of thioether (sulfide) groups is 1. The van der Waals surface area contributed by atoms with Crippen LogP contribution < -0.4 is 10.1 Å². The van der Waals surface area contributed by atoms with Crippen molar-refractivity contribution in [2.45, 2.75) is 12.5 Å². The van der Waals surface area contributed by atoms with Crippen LogP contribution in [0.5, 0.6) is 5.75 Å². The second kappa shape index (κ2) is 11.4. The van der Waals surface area contributed by atoms with Crippen molar-refractivity contribution in [1.82, 2.24) is 5.32 Å². The van der Waals surface area contributed by atoms with Crippen LogP contribution in [0.2, 0.25) is 0 Å². The molecule has 0 bridgehead atoms. The molecule has 0 saturated carbocycles. The number of aliphatic hydroxyl groups excluding tert-OH is 2. The molecule has 1 aromatic carbocycles. The Bertz CT molecular complexity index is 437. The summed E-state index contributed by atoms with van der Waals surface area (Å²) in [6.45, 7) is 1.72. The predicted octanol–water partition coefficient (Wildman–Crippen LogP) is 1.00. The van der Waals surface area contributed by atoms with Gasteiger partial charge in [-0.05, 0) is 30.4 Å². The summed E-state index contributed by atoms with van der Waals surface area (Å²) in [5, 5.41) is 30.4. The van der Waals surface area contributed by atoms with Crippen LogP contribution in [0.4, 0.5) is 0 Å². The van der Waals surface area contributed by atoms with Crippen LogP contribution in [-0.2, 0) is 0 Å². The molecule has 0 aromatic heterocycles. The van der Waals surface area contributed by atoms with E-state index in [9.17, 15) is 5.11 Å². The average Bonchev–Trinajstić information content (AvgIpc) is 2.52. The SMILES string of the molecule is N#Cc1cccc(OCC(O)CNCCSCCCO)c1. The molecule has 0 heterocycles. The average molecular weight is 310 g/mol. The molecule has 0 spiro atoms. The van der Waals surface area contributed by atoms with Crippen molar-refractivity contribution in [3.8, 4) is 11.8 Å². The van der Waals surface area contributed by atoms with Gasteiger partial charge in [0.2, 0.25) is 0 Å².